The molecule has 0 atom stereocenters. The molecule has 0 radical (unpaired) electrons. The Morgan fingerprint density at radius 3 is 2.19 bits per heavy atom. The van der Waals surface area contributed by atoms with Gasteiger partial charge in [-0.1, -0.05) is 6.92 Å². The van der Waals surface area contributed by atoms with Crippen LogP contribution in [-0.4, -0.2) is 37.3 Å². The van der Waals surface area contributed by atoms with Crippen molar-refractivity contribution >= 4 is 15.6 Å². The molecule has 0 bridgehead atoms. The van der Waals surface area contributed by atoms with Crippen molar-refractivity contribution in [1.29, 1.82) is 0 Å². The molecular weight excluding hydrogens is 226 g/mol. The van der Waals surface area contributed by atoms with Crippen LogP contribution in [0.1, 0.15) is 41.0 Å². The smallest absolute Gasteiger partial charge is 0.153 e. The molecule has 0 saturated heterocycles. The summed E-state index contributed by atoms with van der Waals surface area (Å²) in [6.45, 7) is 9.43. The van der Waals surface area contributed by atoms with E-state index in [9.17, 15) is 13.2 Å². The van der Waals surface area contributed by atoms with Gasteiger partial charge < -0.3 is 5.32 Å². The predicted molar refractivity (Wildman–Crippen MR) is 66.3 cm³/mol. The molecular formula is C11H23NO3S. The van der Waals surface area contributed by atoms with E-state index in [1.54, 1.807) is 27.7 Å². The zero-order valence-electron chi connectivity index (χ0n) is 10.8. The summed E-state index contributed by atoms with van der Waals surface area (Å²) in [5.41, 5.74) is -0.638. The highest BCUT2D eigenvalue weighted by molar-refractivity contribution is 7.91. The van der Waals surface area contributed by atoms with Crippen molar-refractivity contribution in [1.82, 2.24) is 5.32 Å². The molecule has 0 aliphatic heterocycles. The van der Waals surface area contributed by atoms with Gasteiger partial charge in [0, 0.05) is 6.42 Å². The lowest BCUT2D eigenvalue weighted by molar-refractivity contribution is -0.123. The molecule has 0 amide bonds. The van der Waals surface area contributed by atoms with E-state index in [-0.39, 0.29) is 18.0 Å². The standard InChI is InChI=1S/C11H23NO3S/c1-6-12-11(4,5)10(13)7-8-16(14,15)9(2)3/h9,12H,6-8H2,1-5H3. The number of carbonyl (C=O) groups is 1. The lowest BCUT2D eigenvalue weighted by Crippen LogP contribution is -2.47. The van der Waals surface area contributed by atoms with Crippen LogP contribution in [0.5, 0.6) is 0 Å². The lowest BCUT2D eigenvalue weighted by Gasteiger charge is -2.24. The monoisotopic (exact) mass is 249 g/mol. The van der Waals surface area contributed by atoms with E-state index in [2.05, 4.69) is 5.32 Å². The highest BCUT2D eigenvalue weighted by Crippen LogP contribution is 2.10. The first-order chi connectivity index (χ1) is 7.13. The van der Waals surface area contributed by atoms with E-state index in [1.165, 1.54) is 0 Å². The highest BCUT2D eigenvalue weighted by Gasteiger charge is 2.27. The largest absolute Gasteiger partial charge is 0.306 e. The highest BCUT2D eigenvalue weighted by atomic mass is 32.2. The van der Waals surface area contributed by atoms with E-state index in [0.717, 1.165) is 0 Å². The molecule has 5 heteroatoms. The van der Waals surface area contributed by atoms with Crippen LogP contribution in [-0.2, 0) is 14.6 Å². The van der Waals surface area contributed by atoms with Gasteiger partial charge >= 0.3 is 0 Å². The fourth-order valence-corrected chi connectivity index (χ4v) is 2.27. The minimum Gasteiger partial charge on any atom is -0.306 e. The van der Waals surface area contributed by atoms with Crippen LogP contribution < -0.4 is 5.32 Å². The van der Waals surface area contributed by atoms with E-state index in [4.69, 9.17) is 0 Å². The summed E-state index contributed by atoms with van der Waals surface area (Å²) in [4.78, 5) is 11.8. The first-order valence-electron chi connectivity index (χ1n) is 5.63. The normalized spacial score (nSPS) is 13.1. The van der Waals surface area contributed by atoms with Crippen molar-refractivity contribution in [2.24, 2.45) is 0 Å². The summed E-state index contributed by atoms with van der Waals surface area (Å²) in [6.07, 6.45) is 0.0838. The number of carbonyl (C=O) groups excluding carboxylic acids is 1. The van der Waals surface area contributed by atoms with Crippen molar-refractivity contribution in [2.75, 3.05) is 12.3 Å². The molecule has 0 aromatic carbocycles. The van der Waals surface area contributed by atoms with Gasteiger partial charge in [0.15, 0.2) is 15.6 Å². The fourth-order valence-electron chi connectivity index (χ4n) is 1.32. The van der Waals surface area contributed by atoms with E-state index in [0.29, 0.717) is 6.54 Å². The Hall–Kier alpha value is -0.420. The Balaban J connectivity index is 4.39. The maximum atomic E-state index is 11.8. The number of sulfone groups is 1. The molecule has 16 heavy (non-hydrogen) atoms. The SMILES string of the molecule is CCNC(C)(C)C(=O)CCS(=O)(=O)C(C)C. The Kier molecular flexibility index (Phi) is 5.62. The van der Waals surface area contributed by atoms with E-state index >= 15 is 0 Å². The summed E-state index contributed by atoms with van der Waals surface area (Å²) in [6, 6.07) is 0. The molecule has 0 rings (SSSR count). The van der Waals surface area contributed by atoms with Crippen LogP contribution in [0, 0.1) is 0 Å². The van der Waals surface area contributed by atoms with Gasteiger partial charge in [0.1, 0.15) is 0 Å². The van der Waals surface area contributed by atoms with E-state index in [1.807, 2.05) is 6.92 Å². The fraction of sp³-hybridized carbons (Fsp3) is 0.909. The Morgan fingerprint density at radius 1 is 1.31 bits per heavy atom. The van der Waals surface area contributed by atoms with Crippen molar-refractivity contribution in [3.8, 4) is 0 Å². The van der Waals surface area contributed by atoms with Gasteiger partial charge in [0.25, 0.3) is 0 Å². The first kappa shape index (κ1) is 15.6. The molecule has 96 valence electrons. The zero-order valence-corrected chi connectivity index (χ0v) is 11.6. The molecule has 0 spiro atoms. The minimum absolute atomic E-state index is 0.0569. The van der Waals surface area contributed by atoms with E-state index < -0.39 is 20.6 Å². The average Bonchev–Trinajstić information content (AvgIpc) is 2.13. The van der Waals surface area contributed by atoms with Crippen LogP contribution in [0.3, 0.4) is 0 Å². The van der Waals surface area contributed by atoms with Crippen LogP contribution in [0.25, 0.3) is 0 Å². The molecule has 0 unspecified atom stereocenters. The van der Waals surface area contributed by atoms with Gasteiger partial charge in [0.05, 0.1) is 16.5 Å². The molecule has 0 aromatic heterocycles. The van der Waals surface area contributed by atoms with Crippen LogP contribution in [0.15, 0.2) is 0 Å². The summed E-state index contributed by atoms with van der Waals surface area (Å²) in [5.74, 6) is -0.114. The molecule has 0 aliphatic carbocycles. The molecule has 1 N–H and O–H groups in total. The molecule has 0 heterocycles. The molecule has 0 saturated carbocycles. The molecule has 4 nitrogen and oxygen atoms in total. The lowest BCUT2D eigenvalue weighted by atomic mass is 9.97. The van der Waals surface area contributed by atoms with Crippen molar-refractivity contribution < 1.29 is 13.2 Å². The third-order valence-electron chi connectivity index (χ3n) is 2.65. The van der Waals surface area contributed by atoms with Gasteiger partial charge in [-0.05, 0) is 34.2 Å². The summed E-state index contributed by atoms with van der Waals surface area (Å²) in [5, 5.41) is 2.63. The van der Waals surface area contributed by atoms with Crippen LogP contribution in [0.2, 0.25) is 0 Å². The van der Waals surface area contributed by atoms with Gasteiger partial charge in [0.2, 0.25) is 0 Å². The van der Waals surface area contributed by atoms with Gasteiger partial charge in [-0.25, -0.2) is 8.42 Å². The molecule has 0 fully saturated rings. The second-order valence-corrected chi connectivity index (χ2v) is 7.42. The number of likely N-dealkylation sites (N-methyl/N-ethyl adjacent to an activating group) is 1. The zero-order chi connectivity index (χ0) is 13.0. The third kappa shape index (κ3) is 4.61. The second kappa shape index (κ2) is 5.77. The van der Waals surface area contributed by atoms with Crippen molar-refractivity contribution in [3.05, 3.63) is 0 Å². The second-order valence-electron chi connectivity index (χ2n) is 4.74. The Labute approximate surface area is 98.7 Å². The first-order valence-corrected chi connectivity index (χ1v) is 7.35. The Morgan fingerprint density at radius 2 is 1.81 bits per heavy atom. The number of rotatable bonds is 7. The van der Waals surface area contributed by atoms with Crippen molar-refractivity contribution in [2.45, 2.75) is 51.8 Å². The predicted octanol–water partition coefficient (Wildman–Crippen LogP) is 1.16. The average molecular weight is 249 g/mol. The maximum absolute atomic E-state index is 11.8. The maximum Gasteiger partial charge on any atom is 0.153 e. The number of Topliss-reactive ketones (excluding diaryl/α,β-unsaturated/α-hetero) is 1. The summed E-state index contributed by atoms with van der Waals surface area (Å²) in [7, 11) is -3.12. The third-order valence-corrected chi connectivity index (χ3v) is 4.86. The van der Waals surface area contributed by atoms with Gasteiger partial charge in [-0.2, -0.15) is 0 Å². The minimum atomic E-state index is -3.12. The summed E-state index contributed by atoms with van der Waals surface area (Å²) < 4.78 is 23.1. The molecule has 0 aromatic rings. The topological polar surface area (TPSA) is 63.2 Å². The van der Waals surface area contributed by atoms with Crippen LogP contribution >= 0.6 is 0 Å². The summed E-state index contributed by atoms with van der Waals surface area (Å²) >= 11 is 0. The number of ketones is 1. The number of hydrogen-bond acceptors (Lipinski definition) is 4. The van der Waals surface area contributed by atoms with Gasteiger partial charge in [-0.15, -0.1) is 0 Å². The van der Waals surface area contributed by atoms with Crippen molar-refractivity contribution in [3.63, 3.8) is 0 Å². The quantitative estimate of drug-likeness (QED) is 0.735. The number of hydrogen-bond donors (Lipinski definition) is 1. The number of nitrogens with one attached hydrogen (secondary N) is 1. The van der Waals surface area contributed by atoms with Gasteiger partial charge in [-0.3, -0.25) is 4.79 Å². The molecule has 0 aliphatic rings. The van der Waals surface area contributed by atoms with Crippen LogP contribution in [0.4, 0.5) is 0 Å². The Bertz CT molecular complexity index is 331.